The Morgan fingerprint density at radius 1 is 1.17 bits per heavy atom. The fourth-order valence-electron chi connectivity index (χ4n) is 7.56. The SMILES string of the molecule is C=C1C(=CC=C2CCC[C@]3(C)[C@@H]([C@H](C)C=C[C@@H](O)C4(c5nc(C)cs5)CC4)CC[C@@H]23)C[C@@H](O)CC1O. The number of rotatable bonds is 6. The average molecular weight is 510 g/mol. The Bertz CT molecular complexity index is 1080. The van der Waals surface area contributed by atoms with Crippen LogP contribution in [0.5, 0.6) is 0 Å². The van der Waals surface area contributed by atoms with Crippen LogP contribution in [0.15, 0.2) is 53.0 Å². The van der Waals surface area contributed by atoms with E-state index in [1.54, 1.807) is 11.3 Å². The Labute approximate surface area is 220 Å². The number of thiazole rings is 1. The first-order valence-corrected chi connectivity index (χ1v) is 14.8. The molecule has 0 aliphatic heterocycles. The molecule has 5 heteroatoms. The van der Waals surface area contributed by atoms with Crippen LogP contribution < -0.4 is 0 Å². The zero-order valence-electron chi connectivity index (χ0n) is 22.1. The van der Waals surface area contributed by atoms with Crippen LogP contribution in [0.1, 0.15) is 82.3 Å². The van der Waals surface area contributed by atoms with Crippen LogP contribution in [0.4, 0.5) is 0 Å². The number of aliphatic hydroxyl groups is 3. The molecule has 4 fully saturated rings. The highest BCUT2D eigenvalue weighted by atomic mass is 32.1. The third-order valence-electron chi connectivity index (χ3n) is 9.93. The van der Waals surface area contributed by atoms with E-state index in [1.165, 1.54) is 31.3 Å². The van der Waals surface area contributed by atoms with Gasteiger partial charge in [0.1, 0.15) is 5.01 Å². The van der Waals surface area contributed by atoms with E-state index >= 15 is 0 Å². The second-order valence-electron chi connectivity index (χ2n) is 12.3. The summed E-state index contributed by atoms with van der Waals surface area (Å²) in [5.74, 6) is 1.60. The Morgan fingerprint density at radius 2 is 1.94 bits per heavy atom. The molecule has 0 aromatic carbocycles. The Balaban J connectivity index is 1.29. The van der Waals surface area contributed by atoms with Gasteiger partial charge in [-0.2, -0.15) is 0 Å². The second kappa shape index (κ2) is 9.98. The number of aromatic nitrogens is 1. The van der Waals surface area contributed by atoms with Gasteiger partial charge in [-0.15, -0.1) is 11.3 Å². The summed E-state index contributed by atoms with van der Waals surface area (Å²) in [5.41, 5.74) is 4.43. The molecule has 0 spiro atoms. The van der Waals surface area contributed by atoms with E-state index in [9.17, 15) is 15.3 Å². The largest absolute Gasteiger partial charge is 0.393 e. The second-order valence-corrected chi connectivity index (χ2v) is 13.2. The van der Waals surface area contributed by atoms with Gasteiger partial charge in [0.05, 0.1) is 23.7 Å². The number of hydrogen-bond acceptors (Lipinski definition) is 5. The maximum Gasteiger partial charge on any atom is 0.102 e. The summed E-state index contributed by atoms with van der Waals surface area (Å²) in [6.45, 7) is 10.9. The zero-order valence-corrected chi connectivity index (χ0v) is 22.9. The molecule has 0 saturated heterocycles. The third-order valence-corrected chi connectivity index (χ3v) is 11.1. The van der Waals surface area contributed by atoms with Gasteiger partial charge in [0.25, 0.3) is 0 Å². The van der Waals surface area contributed by atoms with Gasteiger partial charge in [0.15, 0.2) is 0 Å². The van der Waals surface area contributed by atoms with Gasteiger partial charge in [-0.1, -0.05) is 50.3 Å². The summed E-state index contributed by atoms with van der Waals surface area (Å²) in [6.07, 6.45) is 16.2. The third kappa shape index (κ3) is 4.73. The highest BCUT2D eigenvalue weighted by molar-refractivity contribution is 7.09. The summed E-state index contributed by atoms with van der Waals surface area (Å²) >= 11 is 1.69. The molecular weight excluding hydrogens is 466 g/mol. The minimum Gasteiger partial charge on any atom is -0.393 e. The lowest BCUT2D eigenvalue weighted by atomic mass is 9.61. The topological polar surface area (TPSA) is 73.6 Å². The van der Waals surface area contributed by atoms with Gasteiger partial charge < -0.3 is 15.3 Å². The van der Waals surface area contributed by atoms with E-state index in [2.05, 4.69) is 55.1 Å². The first-order valence-electron chi connectivity index (χ1n) is 13.9. The molecule has 7 atom stereocenters. The quantitative estimate of drug-likeness (QED) is 0.401. The molecule has 1 aromatic heterocycles. The molecule has 36 heavy (non-hydrogen) atoms. The van der Waals surface area contributed by atoms with Crippen molar-refractivity contribution in [1.82, 2.24) is 4.98 Å². The summed E-state index contributed by atoms with van der Waals surface area (Å²) in [7, 11) is 0. The van der Waals surface area contributed by atoms with Crippen LogP contribution in [0.25, 0.3) is 0 Å². The van der Waals surface area contributed by atoms with Gasteiger partial charge in [-0.05, 0) is 92.6 Å². The number of aryl methyl sites for hydroxylation is 1. The predicted octanol–water partition coefficient (Wildman–Crippen LogP) is 6.18. The van der Waals surface area contributed by atoms with E-state index < -0.39 is 18.3 Å². The van der Waals surface area contributed by atoms with Crippen LogP contribution in [0, 0.1) is 30.1 Å². The van der Waals surface area contributed by atoms with Crippen molar-refractivity contribution in [2.75, 3.05) is 0 Å². The molecule has 1 unspecified atom stereocenters. The van der Waals surface area contributed by atoms with Gasteiger partial charge in [-0.3, -0.25) is 0 Å². The highest BCUT2D eigenvalue weighted by Crippen LogP contribution is 2.60. The van der Waals surface area contributed by atoms with Crippen LogP contribution in [-0.2, 0) is 5.41 Å². The molecule has 4 aliphatic rings. The molecule has 4 saturated carbocycles. The van der Waals surface area contributed by atoms with E-state index in [0.717, 1.165) is 41.1 Å². The van der Waals surface area contributed by atoms with Crippen molar-refractivity contribution >= 4 is 11.3 Å². The van der Waals surface area contributed by atoms with E-state index in [4.69, 9.17) is 0 Å². The van der Waals surface area contributed by atoms with Crippen molar-refractivity contribution in [3.63, 3.8) is 0 Å². The lowest BCUT2D eigenvalue weighted by Crippen LogP contribution is -2.35. The maximum atomic E-state index is 11.1. The predicted molar refractivity (Wildman–Crippen MR) is 147 cm³/mol. The van der Waals surface area contributed by atoms with Gasteiger partial charge in [0, 0.05) is 17.5 Å². The minimum atomic E-state index is -0.636. The van der Waals surface area contributed by atoms with Crippen molar-refractivity contribution in [2.45, 2.75) is 102 Å². The molecule has 0 bridgehead atoms. The van der Waals surface area contributed by atoms with Gasteiger partial charge in [0.2, 0.25) is 0 Å². The monoisotopic (exact) mass is 509 g/mol. The van der Waals surface area contributed by atoms with Crippen LogP contribution in [0.3, 0.4) is 0 Å². The molecule has 1 aromatic rings. The molecule has 1 heterocycles. The van der Waals surface area contributed by atoms with E-state index in [1.807, 2.05) is 6.92 Å². The van der Waals surface area contributed by atoms with Crippen LogP contribution in [-0.4, -0.2) is 38.6 Å². The van der Waals surface area contributed by atoms with Crippen LogP contribution >= 0.6 is 11.3 Å². The molecule has 0 radical (unpaired) electrons. The van der Waals surface area contributed by atoms with Crippen molar-refractivity contribution in [3.8, 4) is 0 Å². The van der Waals surface area contributed by atoms with Gasteiger partial charge >= 0.3 is 0 Å². The maximum absolute atomic E-state index is 11.1. The van der Waals surface area contributed by atoms with Crippen molar-refractivity contribution in [1.29, 1.82) is 0 Å². The lowest BCUT2D eigenvalue weighted by molar-refractivity contribution is 0.0862. The van der Waals surface area contributed by atoms with E-state index in [-0.39, 0.29) is 10.8 Å². The Hall–Kier alpha value is -1.53. The Kier molecular flexibility index (Phi) is 7.23. The number of hydrogen-bond donors (Lipinski definition) is 3. The van der Waals surface area contributed by atoms with Gasteiger partial charge in [-0.25, -0.2) is 4.98 Å². The average Bonchev–Trinajstić information content (AvgIpc) is 3.41. The van der Waals surface area contributed by atoms with Crippen molar-refractivity contribution < 1.29 is 15.3 Å². The summed E-state index contributed by atoms with van der Waals surface area (Å²) in [5, 5.41) is 34.6. The molecular formula is C31H43NO3S. The first kappa shape index (κ1) is 26.1. The lowest BCUT2D eigenvalue weighted by Gasteiger charge is -2.44. The fraction of sp³-hybridized carbons (Fsp3) is 0.645. The van der Waals surface area contributed by atoms with Crippen LogP contribution in [0.2, 0.25) is 0 Å². The summed E-state index contributed by atoms with van der Waals surface area (Å²) < 4.78 is 0. The number of aliphatic hydroxyl groups excluding tert-OH is 3. The smallest absolute Gasteiger partial charge is 0.102 e. The molecule has 3 N–H and O–H groups in total. The van der Waals surface area contributed by atoms with Crippen molar-refractivity contribution in [2.24, 2.45) is 23.2 Å². The van der Waals surface area contributed by atoms with Crippen molar-refractivity contribution in [3.05, 3.63) is 63.7 Å². The molecule has 4 aliphatic carbocycles. The Morgan fingerprint density at radius 3 is 2.64 bits per heavy atom. The number of nitrogens with zero attached hydrogens (tertiary/aromatic N) is 1. The standard InChI is InChI=1S/C31H43NO3S/c1-19(7-12-28(35)31(14-15-31)29-32-20(2)18-36-29)25-10-11-26-22(6-5-13-30(25,26)4)8-9-23-16-24(33)17-27(34)21(23)3/h7-9,12,18-19,24-28,33-35H,3,5-6,10-11,13-17H2,1-2,4H3/t19-,24-,25-,26+,27?,28-,30-/m1/s1. The molecule has 196 valence electrons. The fourth-order valence-corrected chi connectivity index (χ4v) is 8.65. The molecule has 4 nitrogen and oxygen atoms in total. The minimum absolute atomic E-state index is 0.157. The molecule has 0 amide bonds. The normalized spacial score (nSPS) is 38.0. The van der Waals surface area contributed by atoms with E-state index in [0.29, 0.717) is 30.6 Å². The zero-order chi connectivity index (χ0) is 25.7. The first-order chi connectivity index (χ1) is 17.1. The highest BCUT2D eigenvalue weighted by Gasteiger charge is 2.53. The summed E-state index contributed by atoms with van der Waals surface area (Å²) in [6, 6.07) is 0. The number of allylic oxidation sites excluding steroid dienone is 4. The molecule has 5 rings (SSSR count). The number of fused-ring (bicyclic) bond motifs is 1. The summed E-state index contributed by atoms with van der Waals surface area (Å²) in [4.78, 5) is 4.69.